The fraction of sp³-hybridized carbons (Fsp3) is 0.200. The van der Waals surface area contributed by atoms with Crippen molar-refractivity contribution in [2.45, 2.75) is 19.4 Å². The van der Waals surface area contributed by atoms with Crippen LogP contribution < -0.4 is 11.3 Å². The first-order valence-electron chi connectivity index (χ1n) is 6.17. The molecule has 0 saturated heterocycles. The highest BCUT2D eigenvalue weighted by Gasteiger charge is 2.15. The summed E-state index contributed by atoms with van der Waals surface area (Å²) in [6.07, 6.45) is 0.283. The van der Waals surface area contributed by atoms with Crippen LogP contribution in [-0.2, 0) is 6.42 Å². The fourth-order valence-electron chi connectivity index (χ4n) is 2.02. The lowest BCUT2D eigenvalue weighted by atomic mass is 9.98. The van der Waals surface area contributed by atoms with Gasteiger partial charge in [-0.05, 0) is 54.3 Å². The van der Waals surface area contributed by atoms with Crippen molar-refractivity contribution in [3.05, 3.63) is 69.7 Å². The molecule has 0 spiro atoms. The van der Waals surface area contributed by atoms with Gasteiger partial charge in [-0.3, -0.25) is 11.3 Å². The molecule has 2 aromatic rings. The van der Waals surface area contributed by atoms with Gasteiger partial charge in [0.25, 0.3) is 0 Å². The normalized spacial score (nSPS) is 12.4. The van der Waals surface area contributed by atoms with Crippen LogP contribution in [0.5, 0.6) is 0 Å². The van der Waals surface area contributed by atoms with Crippen LogP contribution in [-0.4, -0.2) is 0 Å². The number of nitrogens with two attached hydrogens (primary N) is 1. The third kappa shape index (κ3) is 3.33. The molecule has 5 heteroatoms. The molecule has 0 radical (unpaired) electrons. The van der Waals surface area contributed by atoms with Crippen molar-refractivity contribution < 1.29 is 8.78 Å². The molecular formula is C15H15ClF2N2. The van der Waals surface area contributed by atoms with Gasteiger partial charge in [-0.2, -0.15) is 0 Å². The lowest BCUT2D eigenvalue weighted by Gasteiger charge is -2.17. The molecule has 106 valence electrons. The van der Waals surface area contributed by atoms with E-state index in [1.165, 1.54) is 18.2 Å². The Labute approximate surface area is 121 Å². The fourth-order valence-corrected chi connectivity index (χ4v) is 2.21. The van der Waals surface area contributed by atoms with Gasteiger partial charge in [0.1, 0.15) is 11.6 Å². The van der Waals surface area contributed by atoms with Crippen molar-refractivity contribution in [3.63, 3.8) is 0 Å². The summed E-state index contributed by atoms with van der Waals surface area (Å²) in [4.78, 5) is 0. The van der Waals surface area contributed by atoms with Crippen molar-refractivity contribution in [2.24, 2.45) is 5.84 Å². The summed E-state index contributed by atoms with van der Waals surface area (Å²) in [5.74, 6) is 4.83. The largest absolute Gasteiger partial charge is 0.271 e. The van der Waals surface area contributed by atoms with Crippen LogP contribution in [0.3, 0.4) is 0 Å². The first kappa shape index (κ1) is 14.9. The molecule has 0 fully saturated rings. The van der Waals surface area contributed by atoms with E-state index in [0.717, 1.165) is 0 Å². The maximum atomic E-state index is 13.7. The number of halogens is 3. The zero-order valence-electron chi connectivity index (χ0n) is 11.0. The highest BCUT2D eigenvalue weighted by molar-refractivity contribution is 6.30. The van der Waals surface area contributed by atoms with E-state index >= 15 is 0 Å². The molecule has 0 aromatic heterocycles. The Kier molecular flexibility index (Phi) is 4.70. The molecule has 1 unspecified atom stereocenters. The van der Waals surface area contributed by atoms with Gasteiger partial charge in [0.05, 0.1) is 6.04 Å². The average Bonchev–Trinajstić information content (AvgIpc) is 2.43. The maximum absolute atomic E-state index is 13.7. The van der Waals surface area contributed by atoms with Gasteiger partial charge in [0, 0.05) is 5.02 Å². The van der Waals surface area contributed by atoms with Crippen molar-refractivity contribution in [1.82, 2.24) is 5.43 Å². The van der Waals surface area contributed by atoms with Gasteiger partial charge in [-0.1, -0.05) is 23.7 Å². The standard InChI is InChI=1S/C15H15ClF2N2/c1-9-2-3-10(7-14(9)18)15(20-19)8-11-6-12(16)4-5-13(11)17/h2-7,15,20H,8,19H2,1H3. The molecule has 2 rings (SSSR count). The summed E-state index contributed by atoms with van der Waals surface area (Å²) in [5, 5.41) is 0.451. The monoisotopic (exact) mass is 296 g/mol. The molecule has 0 heterocycles. The Morgan fingerprint density at radius 2 is 1.90 bits per heavy atom. The third-order valence-corrected chi connectivity index (χ3v) is 3.47. The number of benzene rings is 2. The van der Waals surface area contributed by atoms with E-state index in [1.54, 1.807) is 25.1 Å². The van der Waals surface area contributed by atoms with E-state index in [0.29, 0.717) is 21.7 Å². The van der Waals surface area contributed by atoms with Crippen LogP contribution in [0.1, 0.15) is 22.7 Å². The van der Waals surface area contributed by atoms with Crippen molar-refractivity contribution >= 4 is 11.6 Å². The minimum absolute atomic E-state index is 0.283. The molecule has 20 heavy (non-hydrogen) atoms. The van der Waals surface area contributed by atoms with E-state index in [1.807, 2.05) is 0 Å². The summed E-state index contributed by atoms with van der Waals surface area (Å²) >= 11 is 5.86. The molecule has 2 aromatic carbocycles. The average molecular weight is 297 g/mol. The predicted octanol–water partition coefficient (Wildman–Crippen LogP) is 3.67. The Morgan fingerprint density at radius 3 is 2.55 bits per heavy atom. The number of hydrogen-bond donors (Lipinski definition) is 2. The number of hydrazine groups is 1. The Hall–Kier alpha value is -1.49. The van der Waals surface area contributed by atoms with E-state index in [9.17, 15) is 8.78 Å². The van der Waals surface area contributed by atoms with E-state index in [2.05, 4.69) is 5.43 Å². The van der Waals surface area contributed by atoms with Gasteiger partial charge in [-0.15, -0.1) is 0 Å². The smallest absolute Gasteiger partial charge is 0.126 e. The molecule has 0 aliphatic carbocycles. The van der Waals surface area contributed by atoms with Gasteiger partial charge < -0.3 is 0 Å². The minimum atomic E-state index is -0.391. The van der Waals surface area contributed by atoms with Crippen LogP contribution in [0.2, 0.25) is 5.02 Å². The lowest BCUT2D eigenvalue weighted by Crippen LogP contribution is -2.30. The Balaban J connectivity index is 2.28. The minimum Gasteiger partial charge on any atom is -0.271 e. The summed E-state index contributed by atoms with van der Waals surface area (Å²) < 4.78 is 27.3. The Bertz CT molecular complexity index is 617. The summed E-state index contributed by atoms with van der Waals surface area (Å²) in [6.45, 7) is 1.68. The molecule has 3 N–H and O–H groups in total. The van der Waals surface area contributed by atoms with Crippen LogP contribution in [0, 0.1) is 18.6 Å². The van der Waals surface area contributed by atoms with Crippen LogP contribution >= 0.6 is 11.6 Å². The SMILES string of the molecule is Cc1ccc(C(Cc2cc(Cl)ccc2F)NN)cc1F. The highest BCUT2D eigenvalue weighted by Crippen LogP contribution is 2.23. The van der Waals surface area contributed by atoms with Crippen LogP contribution in [0.4, 0.5) is 8.78 Å². The molecule has 0 saturated carbocycles. The second-order valence-electron chi connectivity index (χ2n) is 4.67. The van der Waals surface area contributed by atoms with Gasteiger partial charge in [-0.25, -0.2) is 8.78 Å². The zero-order valence-corrected chi connectivity index (χ0v) is 11.7. The van der Waals surface area contributed by atoms with Crippen molar-refractivity contribution in [2.75, 3.05) is 0 Å². The maximum Gasteiger partial charge on any atom is 0.126 e. The second-order valence-corrected chi connectivity index (χ2v) is 5.10. The molecule has 0 aliphatic rings. The van der Waals surface area contributed by atoms with Crippen LogP contribution in [0.25, 0.3) is 0 Å². The first-order valence-corrected chi connectivity index (χ1v) is 6.55. The quantitative estimate of drug-likeness (QED) is 0.667. The first-order chi connectivity index (χ1) is 9.51. The zero-order chi connectivity index (χ0) is 14.7. The highest BCUT2D eigenvalue weighted by atomic mass is 35.5. The molecule has 0 bridgehead atoms. The van der Waals surface area contributed by atoms with Gasteiger partial charge >= 0.3 is 0 Å². The number of rotatable bonds is 4. The molecule has 0 amide bonds. The van der Waals surface area contributed by atoms with Crippen molar-refractivity contribution in [1.29, 1.82) is 0 Å². The van der Waals surface area contributed by atoms with E-state index in [-0.39, 0.29) is 18.1 Å². The predicted molar refractivity (Wildman–Crippen MR) is 76.3 cm³/mol. The molecule has 2 nitrogen and oxygen atoms in total. The summed E-state index contributed by atoms with van der Waals surface area (Å²) in [5.41, 5.74) is 4.23. The number of aryl methyl sites for hydroxylation is 1. The molecule has 0 aliphatic heterocycles. The van der Waals surface area contributed by atoms with E-state index < -0.39 is 6.04 Å². The second kappa shape index (κ2) is 6.31. The van der Waals surface area contributed by atoms with E-state index in [4.69, 9.17) is 17.4 Å². The summed E-state index contributed by atoms with van der Waals surface area (Å²) in [6, 6.07) is 8.79. The number of nitrogens with one attached hydrogen (secondary N) is 1. The van der Waals surface area contributed by atoms with Gasteiger partial charge in [0.2, 0.25) is 0 Å². The third-order valence-electron chi connectivity index (χ3n) is 3.23. The Morgan fingerprint density at radius 1 is 1.15 bits per heavy atom. The van der Waals surface area contributed by atoms with Crippen LogP contribution in [0.15, 0.2) is 36.4 Å². The molecule has 1 atom stereocenters. The topological polar surface area (TPSA) is 38.0 Å². The lowest BCUT2D eigenvalue weighted by molar-refractivity contribution is 0.524. The van der Waals surface area contributed by atoms with Gasteiger partial charge in [0.15, 0.2) is 0 Å². The number of hydrogen-bond acceptors (Lipinski definition) is 2. The molecular weight excluding hydrogens is 282 g/mol. The summed E-state index contributed by atoms with van der Waals surface area (Å²) in [7, 11) is 0. The van der Waals surface area contributed by atoms with Crippen molar-refractivity contribution in [3.8, 4) is 0 Å².